The summed E-state index contributed by atoms with van der Waals surface area (Å²) in [6, 6.07) is 9.48. The number of nitrogens with zero attached hydrogens (tertiary/aromatic N) is 3. The lowest BCUT2D eigenvalue weighted by Crippen LogP contribution is -2.38. The van der Waals surface area contributed by atoms with Crippen LogP contribution in [0.5, 0.6) is 5.75 Å². The van der Waals surface area contributed by atoms with Gasteiger partial charge in [-0.1, -0.05) is 19.1 Å². The summed E-state index contributed by atoms with van der Waals surface area (Å²) in [6.45, 7) is 4.26. The number of carbonyl (C=O) groups is 2. The van der Waals surface area contributed by atoms with Crippen LogP contribution in [0.1, 0.15) is 37.3 Å². The van der Waals surface area contributed by atoms with Crippen LogP contribution in [-0.2, 0) is 22.6 Å². The Labute approximate surface area is 200 Å². The van der Waals surface area contributed by atoms with Crippen molar-refractivity contribution < 1.29 is 23.1 Å². The number of fused-ring (bicyclic) bond motifs is 1. The fraction of sp³-hybridized carbons (Fsp3) is 0.462. The molecular weight excluding hydrogens is 440 g/mol. The molecule has 0 radical (unpaired) electrons. The van der Waals surface area contributed by atoms with E-state index in [9.17, 15) is 18.4 Å². The minimum atomic E-state index is -1.01. The van der Waals surface area contributed by atoms with Gasteiger partial charge >= 0.3 is 0 Å². The number of rotatable bonds is 4. The molecule has 1 aliphatic rings. The average Bonchev–Trinajstić information content (AvgIpc) is 2.82. The van der Waals surface area contributed by atoms with Gasteiger partial charge in [-0.05, 0) is 62.3 Å². The van der Waals surface area contributed by atoms with E-state index in [2.05, 4.69) is 4.90 Å². The van der Waals surface area contributed by atoms with Gasteiger partial charge in [0.05, 0.1) is 19.2 Å². The minimum absolute atomic E-state index is 0.0960. The summed E-state index contributed by atoms with van der Waals surface area (Å²) >= 11 is 0. The number of hydrogen-bond donors (Lipinski definition) is 0. The third kappa shape index (κ3) is 6.53. The van der Waals surface area contributed by atoms with Gasteiger partial charge in [-0.3, -0.25) is 9.59 Å². The van der Waals surface area contributed by atoms with Crippen LogP contribution < -0.4 is 9.64 Å². The van der Waals surface area contributed by atoms with Crippen LogP contribution in [-0.4, -0.2) is 62.0 Å². The number of benzene rings is 2. The van der Waals surface area contributed by atoms with E-state index in [1.54, 1.807) is 31.1 Å². The van der Waals surface area contributed by atoms with Gasteiger partial charge in [-0.2, -0.15) is 0 Å². The first-order chi connectivity index (χ1) is 16.3. The van der Waals surface area contributed by atoms with Crippen LogP contribution in [0.2, 0.25) is 0 Å². The number of anilines is 1. The zero-order valence-electron chi connectivity index (χ0n) is 20.2. The maximum absolute atomic E-state index is 14.3. The van der Waals surface area contributed by atoms with Crippen LogP contribution in [0.25, 0.3) is 0 Å². The smallest absolute Gasteiger partial charge is 0.227 e. The first kappa shape index (κ1) is 25.6. The molecule has 0 fully saturated rings. The van der Waals surface area contributed by atoms with E-state index >= 15 is 0 Å². The summed E-state index contributed by atoms with van der Waals surface area (Å²) < 4.78 is 33.7. The molecule has 0 spiro atoms. The molecule has 0 bridgehead atoms. The fourth-order valence-corrected chi connectivity index (χ4v) is 4.20. The van der Waals surface area contributed by atoms with Crippen molar-refractivity contribution in [3.05, 3.63) is 59.2 Å². The molecule has 2 aromatic carbocycles. The minimum Gasteiger partial charge on any atom is -0.497 e. The Morgan fingerprint density at radius 2 is 1.59 bits per heavy atom. The number of methoxy groups -OCH3 is 1. The quantitative estimate of drug-likeness (QED) is 0.673. The number of ether oxygens (including phenoxy) is 1. The average molecular weight is 474 g/mol. The van der Waals surface area contributed by atoms with Gasteiger partial charge in [0.15, 0.2) is 11.6 Å². The number of amides is 2. The van der Waals surface area contributed by atoms with Crippen LogP contribution in [0.3, 0.4) is 0 Å². The molecule has 34 heavy (non-hydrogen) atoms. The zero-order chi connectivity index (χ0) is 24.7. The van der Waals surface area contributed by atoms with Gasteiger partial charge in [-0.15, -0.1) is 0 Å². The molecule has 1 aliphatic heterocycles. The normalized spacial score (nSPS) is 15.8. The molecule has 6 nitrogen and oxygen atoms in total. The van der Waals surface area contributed by atoms with E-state index in [-0.39, 0.29) is 31.2 Å². The highest BCUT2D eigenvalue weighted by atomic mass is 19.2. The van der Waals surface area contributed by atoms with Crippen LogP contribution in [0, 0.1) is 11.6 Å². The van der Waals surface area contributed by atoms with Gasteiger partial charge in [0.2, 0.25) is 11.8 Å². The van der Waals surface area contributed by atoms with Crippen molar-refractivity contribution in [1.82, 2.24) is 9.80 Å². The van der Waals surface area contributed by atoms with E-state index in [4.69, 9.17) is 4.74 Å². The summed E-state index contributed by atoms with van der Waals surface area (Å²) in [4.78, 5) is 31.4. The topological polar surface area (TPSA) is 53.1 Å². The Hall–Kier alpha value is -3.00. The van der Waals surface area contributed by atoms with Crippen molar-refractivity contribution >= 4 is 17.5 Å². The monoisotopic (exact) mass is 473 g/mol. The fourth-order valence-electron chi connectivity index (χ4n) is 4.20. The van der Waals surface area contributed by atoms with Crippen molar-refractivity contribution in [3.8, 4) is 5.75 Å². The second-order valence-corrected chi connectivity index (χ2v) is 8.64. The van der Waals surface area contributed by atoms with Gasteiger partial charge < -0.3 is 19.4 Å². The standard InChI is InChI=1S/C26H33F2N3O3/c1-4-25(32)31-14-6-12-29(2)11-5-13-30(18-20-16-22(27)23(28)17-24(20)31)26(33)15-19-7-9-21(34-3)10-8-19/h7-10,16-17H,4-6,11-15,18H2,1-3H3. The first-order valence-electron chi connectivity index (χ1n) is 11.7. The third-order valence-electron chi connectivity index (χ3n) is 6.13. The molecule has 1 heterocycles. The van der Waals surface area contributed by atoms with Gasteiger partial charge in [0.25, 0.3) is 0 Å². The van der Waals surface area contributed by atoms with E-state index in [1.165, 1.54) is 4.90 Å². The summed E-state index contributed by atoms with van der Waals surface area (Å²) in [6.07, 6.45) is 1.88. The molecule has 0 aromatic heterocycles. The Morgan fingerprint density at radius 3 is 2.24 bits per heavy atom. The highest BCUT2D eigenvalue weighted by Crippen LogP contribution is 2.27. The number of hydrogen-bond acceptors (Lipinski definition) is 4. The molecule has 0 atom stereocenters. The van der Waals surface area contributed by atoms with Gasteiger partial charge in [-0.25, -0.2) is 8.78 Å². The summed E-state index contributed by atoms with van der Waals surface area (Å²) in [5, 5.41) is 0. The van der Waals surface area contributed by atoms with Crippen LogP contribution in [0.15, 0.2) is 36.4 Å². The van der Waals surface area contributed by atoms with Crippen LogP contribution >= 0.6 is 0 Å². The molecule has 3 rings (SSSR count). The third-order valence-corrected chi connectivity index (χ3v) is 6.13. The van der Waals surface area contributed by atoms with Crippen molar-refractivity contribution in [2.45, 2.75) is 39.2 Å². The van der Waals surface area contributed by atoms with Crippen LogP contribution in [0.4, 0.5) is 14.5 Å². The Kier molecular flexibility index (Phi) is 8.98. The van der Waals surface area contributed by atoms with E-state index < -0.39 is 11.6 Å². The molecule has 0 saturated heterocycles. The molecule has 0 saturated carbocycles. The molecule has 184 valence electrons. The molecule has 0 unspecified atom stereocenters. The predicted molar refractivity (Wildman–Crippen MR) is 128 cm³/mol. The maximum atomic E-state index is 14.3. The molecule has 2 amide bonds. The number of carbonyl (C=O) groups excluding carboxylic acids is 2. The van der Waals surface area contributed by atoms with Crippen molar-refractivity contribution in [2.24, 2.45) is 0 Å². The second-order valence-electron chi connectivity index (χ2n) is 8.64. The molecule has 2 aromatic rings. The predicted octanol–water partition coefficient (Wildman–Crippen LogP) is 4.01. The second kappa shape index (κ2) is 11.9. The summed E-state index contributed by atoms with van der Waals surface area (Å²) in [5.41, 5.74) is 1.59. The zero-order valence-corrected chi connectivity index (χ0v) is 20.2. The lowest BCUT2D eigenvalue weighted by atomic mass is 10.1. The summed E-state index contributed by atoms with van der Waals surface area (Å²) in [7, 11) is 3.59. The molecular formula is C26H33F2N3O3. The van der Waals surface area contributed by atoms with Crippen molar-refractivity contribution in [2.75, 3.05) is 45.2 Å². The Balaban J connectivity index is 1.95. The lowest BCUT2D eigenvalue weighted by molar-refractivity contribution is -0.131. The highest BCUT2D eigenvalue weighted by Gasteiger charge is 2.24. The SMILES string of the molecule is CCC(=O)N1CCCN(C)CCCN(C(=O)Cc2ccc(OC)cc2)Cc2cc(F)c(F)cc21. The maximum Gasteiger partial charge on any atom is 0.227 e. The van der Waals surface area contributed by atoms with Crippen molar-refractivity contribution in [1.29, 1.82) is 0 Å². The molecule has 0 aliphatic carbocycles. The highest BCUT2D eigenvalue weighted by molar-refractivity contribution is 5.94. The molecule has 0 N–H and O–H groups in total. The van der Waals surface area contributed by atoms with E-state index in [0.717, 1.165) is 37.2 Å². The van der Waals surface area contributed by atoms with Gasteiger partial charge in [0.1, 0.15) is 5.75 Å². The molecule has 8 heteroatoms. The van der Waals surface area contributed by atoms with Crippen molar-refractivity contribution in [3.63, 3.8) is 0 Å². The largest absolute Gasteiger partial charge is 0.497 e. The first-order valence-corrected chi connectivity index (χ1v) is 11.7. The lowest BCUT2D eigenvalue weighted by Gasteiger charge is -2.31. The Morgan fingerprint density at radius 1 is 0.941 bits per heavy atom. The summed E-state index contributed by atoms with van der Waals surface area (Å²) in [5.74, 6) is -1.57. The van der Waals surface area contributed by atoms with E-state index in [1.807, 2.05) is 19.2 Å². The van der Waals surface area contributed by atoms with Gasteiger partial charge in [0, 0.05) is 32.1 Å². The van der Waals surface area contributed by atoms with E-state index in [0.29, 0.717) is 36.5 Å². The number of halogens is 2. The Bertz CT molecular complexity index is 998.